The van der Waals surface area contributed by atoms with Crippen LogP contribution < -0.4 is 5.14 Å². The Bertz CT molecular complexity index is 628. The van der Waals surface area contributed by atoms with Gasteiger partial charge in [0.05, 0.1) is 11.8 Å². The molecule has 2 aromatic rings. The first kappa shape index (κ1) is 12.7. The van der Waals surface area contributed by atoms with Crippen LogP contribution in [0.3, 0.4) is 0 Å². The van der Waals surface area contributed by atoms with Crippen molar-refractivity contribution in [1.29, 1.82) is 0 Å². The van der Waals surface area contributed by atoms with Gasteiger partial charge in [-0.05, 0) is 5.92 Å². The van der Waals surface area contributed by atoms with Crippen LogP contribution in [-0.2, 0) is 16.6 Å². The minimum Gasteiger partial charge on any atom is -0.296 e. The van der Waals surface area contributed by atoms with Gasteiger partial charge in [-0.1, -0.05) is 13.8 Å². The van der Waals surface area contributed by atoms with E-state index in [-0.39, 0.29) is 11.1 Å². The Morgan fingerprint density at radius 3 is 2.67 bits per heavy atom. The highest BCUT2D eigenvalue weighted by Crippen LogP contribution is 2.20. The smallest absolute Gasteiger partial charge is 0.273 e. The monoisotopic (exact) mass is 270 g/mol. The number of nitrogens with one attached hydrogen (secondary N) is 1. The van der Waals surface area contributed by atoms with Gasteiger partial charge < -0.3 is 0 Å². The Balaban J connectivity index is 2.58. The van der Waals surface area contributed by atoms with E-state index in [9.17, 15) is 8.42 Å². The Hall–Kier alpha value is -1.74. The number of nitrogens with zero attached hydrogens (tertiary/aromatic N) is 4. The summed E-state index contributed by atoms with van der Waals surface area (Å²) in [5, 5.41) is 18.9. The molecule has 0 bridgehead atoms. The van der Waals surface area contributed by atoms with E-state index in [0.29, 0.717) is 17.9 Å². The number of sulfonamides is 1. The lowest BCUT2D eigenvalue weighted by molar-refractivity contribution is 0.486. The van der Waals surface area contributed by atoms with E-state index in [1.165, 1.54) is 4.57 Å². The highest BCUT2D eigenvalue weighted by atomic mass is 32.2. The van der Waals surface area contributed by atoms with Crippen molar-refractivity contribution in [2.75, 3.05) is 0 Å². The zero-order chi connectivity index (χ0) is 13.3. The molecule has 0 aliphatic carbocycles. The maximum absolute atomic E-state index is 11.4. The summed E-state index contributed by atoms with van der Waals surface area (Å²) in [5.74, 6) is 0.661. The van der Waals surface area contributed by atoms with Gasteiger partial charge in [0.15, 0.2) is 5.82 Å². The quantitative estimate of drug-likeness (QED) is 0.808. The molecule has 0 spiro atoms. The Morgan fingerprint density at radius 2 is 2.17 bits per heavy atom. The predicted molar refractivity (Wildman–Crippen MR) is 63.8 cm³/mol. The van der Waals surface area contributed by atoms with Crippen LogP contribution in [0.1, 0.15) is 13.8 Å². The van der Waals surface area contributed by atoms with E-state index in [2.05, 4.69) is 20.4 Å². The summed E-state index contributed by atoms with van der Waals surface area (Å²) in [6, 6.07) is 0. The highest BCUT2D eigenvalue weighted by molar-refractivity contribution is 7.89. The minimum absolute atomic E-state index is 0.229. The van der Waals surface area contributed by atoms with Crippen molar-refractivity contribution in [2.24, 2.45) is 11.1 Å². The molecule has 9 heteroatoms. The number of primary sulfonamides is 1. The lowest BCUT2D eigenvalue weighted by Gasteiger charge is -2.10. The second-order valence-electron chi connectivity index (χ2n) is 4.34. The lowest BCUT2D eigenvalue weighted by Crippen LogP contribution is -2.20. The van der Waals surface area contributed by atoms with E-state index >= 15 is 0 Å². The highest BCUT2D eigenvalue weighted by Gasteiger charge is 2.22. The first-order valence-corrected chi connectivity index (χ1v) is 6.89. The van der Waals surface area contributed by atoms with E-state index in [0.717, 1.165) is 0 Å². The summed E-state index contributed by atoms with van der Waals surface area (Å²) in [4.78, 5) is 0. The Labute approximate surface area is 104 Å². The molecule has 3 N–H and O–H groups in total. The van der Waals surface area contributed by atoms with Crippen molar-refractivity contribution in [3.63, 3.8) is 0 Å². The number of hydrogen-bond acceptors (Lipinski definition) is 5. The first-order valence-electron chi connectivity index (χ1n) is 5.34. The van der Waals surface area contributed by atoms with Gasteiger partial charge in [0.1, 0.15) is 0 Å². The van der Waals surface area contributed by atoms with Crippen LogP contribution >= 0.6 is 0 Å². The first-order chi connectivity index (χ1) is 8.39. The van der Waals surface area contributed by atoms with Crippen LogP contribution in [0.4, 0.5) is 0 Å². The molecular weight excluding hydrogens is 256 g/mol. The molecule has 0 amide bonds. The zero-order valence-electron chi connectivity index (χ0n) is 10.0. The zero-order valence-corrected chi connectivity index (χ0v) is 10.8. The van der Waals surface area contributed by atoms with Crippen LogP contribution in [0.2, 0.25) is 0 Å². The van der Waals surface area contributed by atoms with Crippen molar-refractivity contribution < 1.29 is 8.42 Å². The number of rotatable bonds is 4. The summed E-state index contributed by atoms with van der Waals surface area (Å²) in [6.45, 7) is 4.39. The maximum Gasteiger partial charge on any atom is 0.273 e. The largest absolute Gasteiger partial charge is 0.296 e. The van der Waals surface area contributed by atoms with Crippen molar-refractivity contribution >= 4 is 10.0 Å². The van der Waals surface area contributed by atoms with Gasteiger partial charge in [0.25, 0.3) is 15.2 Å². The number of aromatic amines is 1. The normalized spacial score (nSPS) is 12.2. The molecular formula is C9H14N6O2S. The fourth-order valence-electron chi connectivity index (χ4n) is 1.62. The molecule has 8 nitrogen and oxygen atoms in total. The summed E-state index contributed by atoms with van der Waals surface area (Å²) in [6.07, 6.45) is 3.17. The molecule has 0 aliphatic rings. The maximum atomic E-state index is 11.4. The third-order valence-corrected chi connectivity index (χ3v) is 3.09. The number of H-pyrrole nitrogens is 1. The summed E-state index contributed by atoms with van der Waals surface area (Å²) < 4.78 is 24.4. The molecule has 0 fully saturated rings. The van der Waals surface area contributed by atoms with Crippen LogP contribution in [0.25, 0.3) is 11.4 Å². The molecule has 0 aromatic carbocycles. The van der Waals surface area contributed by atoms with Crippen LogP contribution in [0.15, 0.2) is 17.6 Å². The van der Waals surface area contributed by atoms with Crippen LogP contribution in [-0.4, -0.2) is 33.4 Å². The third kappa shape index (κ3) is 2.41. The molecule has 98 valence electrons. The minimum atomic E-state index is -3.89. The van der Waals surface area contributed by atoms with E-state index in [4.69, 9.17) is 5.14 Å². The SMILES string of the molecule is CC(C)Cn1c(-c2cn[nH]c2)nnc1S(N)(=O)=O. The predicted octanol–water partition coefficient (Wildman–Crippen LogP) is -0.0284. The third-order valence-electron chi connectivity index (χ3n) is 2.28. The van der Waals surface area contributed by atoms with Crippen molar-refractivity contribution in [3.05, 3.63) is 12.4 Å². The van der Waals surface area contributed by atoms with E-state index < -0.39 is 10.0 Å². The number of aromatic nitrogens is 5. The Morgan fingerprint density at radius 1 is 1.44 bits per heavy atom. The van der Waals surface area contributed by atoms with Gasteiger partial charge in [-0.15, -0.1) is 10.2 Å². The van der Waals surface area contributed by atoms with Gasteiger partial charge in [0, 0.05) is 12.7 Å². The van der Waals surface area contributed by atoms with Crippen molar-refractivity contribution in [1.82, 2.24) is 25.0 Å². The molecule has 0 atom stereocenters. The molecule has 18 heavy (non-hydrogen) atoms. The average Bonchev–Trinajstić information content (AvgIpc) is 2.81. The average molecular weight is 270 g/mol. The van der Waals surface area contributed by atoms with Gasteiger partial charge >= 0.3 is 0 Å². The number of hydrogen-bond donors (Lipinski definition) is 2. The lowest BCUT2D eigenvalue weighted by atomic mass is 10.2. The fraction of sp³-hybridized carbons (Fsp3) is 0.444. The topological polar surface area (TPSA) is 120 Å². The molecule has 2 heterocycles. The molecule has 0 unspecified atom stereocenters. The van der Waals surface area contributed by atoms with Crippen molar-refractivity contribution in [3.8, 4) is 11.4 Å². The Kier molecular flexibility index (Phi) is 3.18. The summed E-state index contributed by atoms with van der Waals surface area (Å²) >= 11 is 0. The molecule has 2 rings (SSSR count). The summed E-state index contributed by atoms with van der Waals surface area (Å²) in [7, 11) is -3.89. The van der Waals surface area contributed by atoms with Crippen LogP contribution in [0.5, 0.6) is 0 Å². The molecule has 0 saturated carbocycles. The molecule has 0 saturated heterocycles. The standard InChI is InChI=1S/C9H14N6O2S/c1-6(2)5-15-8(7-3-11-12-4-7)13-14-9(15)18(10,16)17/h3-4,6H,5H2,1-2H3,(H,11,12)(H2,10,16,17). The second kappa shape index (κ2) is 4.50. The molecule has 2 aromatic heterocycles. The van der Waals surface area contributed by atoms with Crippen molar-refractivity contribution in [2.45, 2.75) is 25.5 Å². The van der Waals surface area contributed by atoms with Gasteiger partial charge in [-0.3, -0.25) is 9.67 Å². The van der Waals surface area contributed by atoms with Gasteiger partial charge in [-0.2, -0.15) is 5.10 Å². The van der Waals surface area contributed by atoms with Gasteiger partial charge in [-0.25, -0.2) is 13.6 Å². The van der Waals surface area contributed by atoms with Gasteiger partial charge in [0.2, 0.25) is 0 Å². The fourth-order valence-corrected chi connectivity index (χ4v) is 2.24. The van der Waals surface area contributed by atoms with Crippen LogP contribution in [0, 0.1) is 5.92 Å². The number of nitrogens with two attached hydrogens (primary N) is 1. The second-order valence-corrected chi connectivity index (χ2v) is 5.80. The van der Waals surface area contributed by atoms with E-state index in [1.54, 1.807) is 12.4 Å². The molecule has 0 radical (unpaired) electrons. The summed E-state index contributed by atoms with van der Waals surface area (Å²) in [5.41, 5.74) is 0.665. The van der Waals surface area contributed by atoms with E-state index in [1.807, 2.05) is 13.8 Å². The molecule has 0 aliphatic heterocycles.